The van der Waals surface area contributed by atoms with E-state index >= 15 is 0 Å². The maximum Gasteiger partial charge on any atom is 0.165 e. The first-order valence-corrected chi connectivity index (χ1v) is 6.20. The van der Waals surface area contributed by atoms with Crippen molar-refractivity contribution in [2.24, 2.45) is 0 Å². The molecule has 5 nitrogen and oxygen atoms in total. The summed E-state index contributed by atoms with van der Waals surface area (Å²) < 4.78 is 7.47. The second kappa shape index (κ2) is 5.65. The van der Waals surface area contributed by atoms with Crippen LogP contribution in [0.3, 0.4) is 0 Å². The second-order valence-corrected chi connectivity index (χ2v) is 4.59. The molecule has 19 heavy (non-hydrogen) atoms. The van der Waals surface area contributed by atoms with Crippen LogP contribution in [-0.4, -0.2) is 20.5 Å². The van der Waals surface area contributed by atoms with Crippen LogP contribution in [0.25, 0.3) is 0 Å². The number of hydrogen-bond donors (Lipinski definition) is 0. The highest BCUT2D eigenvalue weighted by Gasteiger charge is 2.08. The van der Waals surface area contributed by atoms with E-state index in [1.165, 1.54) is 13.3 Å². The summed E-state index contributed by atoms with van der Waals surface area (Å²) in [6, 6.07) is 7.37. The first-order chi connectivity index (χ1) is 9.08. The average Bonchev–Trinajstić information content (AvgIpc) is 2.85. The minimum Gasteiger partial charge on any atom is -0.486 e. The van der Waals surface area contributed by atoms with E-state index in [1.54, 1.807) is 18.2 Å². The van der Waals surface area contributed by atoms with Crippen LogP contribution < -0.4 is 4.74 Å². The predicted octanol–water partition coefficient (Wildman–Crippen LogP) is 2.64. The summed E-state index contributed by atoms with van der Waals surface area (Å²) in [5.41, 5.74) is 0.642. The lowest BCUT2D eigenvalue weighted by Crippen LogP contribution is -2.10. The smallest absolute Gasteiger partial charge is 0.165 e. The molecule has 0 fully saturated rings. The second-order valence-electron chi connectivity index (χ2n) is 4.59. The fourth-order valence-corrected chi connectivity index (χ4v) is 1.76. The van der Waals surface area contributed by atoms with Gasteiger partial charge in [0.05, 0.1) is 0 Å². The Morgan fingerprint density at radius 1 is 1.42 bits per heavy atom. The fraction of sp³-hybridized carbons (Fsp3) is 0.357. The highest BCUT2D eigenvalue weighted by atomic mass is 16.5. The van der Waals surface area contributed by atoms with Crippen LogP contribution in [0.15, 0.2) is 30.6 Å². The largest absolute Gasteiger partial charge is 0.486 e. The van der Waals surface area contributed by atoms with Gasteiger partial charge in [0.25, 0.3) is 0 Å². The van der Waals surface area contributed by atoms with Crippen molar-refractivity contribution < 1.29 is 9.53 Å². The highest BCUT2D eigenvalue weighted by Crippen LogP contribution is 2.15. The molecule has 0 saturated carbocycles. The van der Waals surface area contributed by atoms with Crippen LogP contribution in [0.2, 0.25) is 0 Å². The van der Waals surface area contributed by atoms with E-state index in [0.29, 0.717) is 17.9 Å². The van der Waals surface area contributed by atoms with Gasteiger partial charge < -0.3 is 4.74 Å². The van der Waals surface area contributed by atoms with E-state index in [-0.39, 0.29) is 11.8 Å². The number of Topliss-reactive ketones (excluding diaryl/α,β-unsaturated/α-hetero) is 1. The molecule has 0 aliphatic carbocycles. The van der Waals surface area contributed by atoms with E-state index in [1.807, 2.05) is 24.6 Å². The Morgan fingerprint density at radius 3 is 2.89 bits per heavy atom. The van der Waals surface area contributed by atoms with Gasteiger partial charge in [0.1, 0.15) is 18.7 Å². The third-order valence-corrected chi connectivity index (χ3v) is 2.74. The van der Waals surface area contributed by atoms with Crippen molar-refractivity contribution >= 4 is 5.78 Å². The van der Waals surface area contributed by atoms with E-state index in [9.17, 15) is 4.79 Å². The van der Waals surface area contributed by atoms with Gasteiger partial charge in [-0.25, -0.2) is 9.67 Å². The Morgan fingerprint density at radius 2 is 2.21 bits per heavy atom. The monoisotopic (exact) mass is 259 g/mol. The molecule has 100 valence electrons. The number of ketones is 1. The first kappa shape index (κ1) is 13.3. The summed E-state index contributed by atoms with van der Waals surface area (Å²) >= 11 is 0. The highest BCUT2D eigenvalue weighted by molar-refractivity contribution is 5.94. The molecule has 0 unspecified atom stereocenters. The molecule has 0 radical (unpaired) electrons. The molecule has 1 aromatic carbocycles. The lowest BCUT2D eigenvalue weighted by Gasteiger charge is -2.10. The average molecular weight is 259 g/mol. The minimum absolute atomic E-state index is 0.0239. The van der Waals surface area contributed by atoms with Crippen LogP contribution in [-0.2, 0) is 6.61 Å². The number of nitrogens with zero attached hydrogens (tertiary/aromatic N) is 3. The molecule has 0 spiro atoms. The Bertz CT molecular complexity index is 576. The topological polar surface area (TPSA) is 57.0 Å². The number of hydrogen-bond acceptors (Lipinski definition) is 4. The first-order valence-electron chi connectivity index (χ1n) is 6.20. The van der Waals surface area contributed by atoms with Crippen molar-refractivity contribution in [1.82, 2.24) is 14.8 Å². The quantitative estimate of drug-likeness (QED) is 0.774. The number of aromatic nitrogens is 3. The minimum atomic E-state index is 0.0239. The van der Waals surface area contributed by atoms with E-state index in [0.717, 1.165) is 5.82 Å². The fourth-order valence-electron chi connectivity index (χ4n) is 1.76. The molecule has 0 atom stereocenters. The van der Waals surface area contributed by atoms with Gasteiger partial charge in [-0.1, -0.05) is 12.1 Å². The van der Waals surface area contributed by atoms with Crippen LogP contribution in [0.4, 0.5) is 0 Å². The molecule has 0 bridgehead atoms. The molecule has 1 heterocycles. The molecule has 0 amide bonds. The van der Waals surface area contributed by atoms with Crippen molar-refractivity contribution in [2.75, 3.05) is 0 Å². The molecule has 2 rings (SSSR count). The normalized spacial score (nSPS) is 10.7. The van der Waals surface area contributed by atoms with Crippen molar-refractivity contribution in [3.05, 3.63) is 42.0 Å². The maximum absolute atomic E-state index is 11.3. The molecule has 5 heteroatoms. The number of carbonyl (C=O) groups excluding carboxylic acids is 1. The van der Waals surface area contributed by atoms with Crippen molar-refractivity contribution in [2.45, 2.75) is 33.4 Å². The van der Waals surface area contributed by atoms with E-state index in [2.05, 4.69) is 10.1 Å². The predicted molar refractivity (Wildman–Crippen MR) is 71.2 cm³/mol. The van der Waals surface area contributed by atoms with E-state index < -0.39 is 0 Å². The molecule has 2 aromatic rings. The summed E-state index contributed by atoms with van der Waals surface area (Å²) in [4.78, 5) is 15.5. The van der Waals surface area contributed by atoms with Gasteiger partial charge in [0, 0.05) is 11.6 Å². The zero-order valence-electron chi connectivity index (χ0n) is 11.3. The zero-order chi connectivity index (χ0) is 13.8. The van der Waals surface area contributed by atoms with Crippen molar-refractivity contribution in [1.29, 1.82) is 0 Å². The van der Waals surface area contributed by atoms with Gasteiger partial charge in [-0.3, -0.25) is 4.79 Å². The van der Waals surface area contributed by atoms with Crippen molar-refractivity contribution in [3.8, 4) is 5.75 Å². The summed E-state index contributed by atoms with van der Waals surface area (Å²) in [5, 5.41) is 4.15. The standard InChI is InChI=1S/C14H17N3O2/c1-10(2)17-14(15-9-16-17)8-19-13-6-4-5-12(7-13)11(3)18/h4-7,9-10H,8H2,1-3H3. The van der Waals surface area contributed by atoms with Crippen LogP contribution in [0.1, 0.15) is 43.0 Å². The molecule has 0 aliphatic heterocycles. The number of carbonyl (C=O) groups is 1. The van der Waals surface area contributed by atoms with Crippen LogP contribution in [0, 0.1) is 0 Å². The third-order valence-electron chi connectivity index (χ3n) is 2.74. The Labute approximate surface area is 112 Å². The van der Waals surface area contributed by atoms with Gasteiger partial charge >= 0.3 is 0 Å². The molecular formula is C14H17N3O2. The van der Waals surface area contributed by atoms with Crippen molar-refractivity contribution in [3.63, 3.8) is 0 Å². The van der Waals surface area contributed by atoms with Gasteiger partial charge in [-0.05, 0) is 32.9 Å². The third kappa shape index (κ3) is 3.19. The number of ether oxygens (including phenoxy) is 1. The van der Waals surface area contributed by atoms with Crippen LogP contribution >= 0.6 is 0 Å². The Hall–Kier alpha value is -2.17. The van der Waals surface area contributed by atoms with Gasteiger partial charge in [0.2, 0.25) is 0 Å². The lowest BCUT2D eigenvalue weighted by atomic mass is 10.1. The van der Waals surface area contributed by atoms with Gasteiger partial charge in [-0.2, -0.15) is 5.10 Å². The summed E-state index contributed by atoms with van der Waals surface area (Å²) in [7, 11) is 0. The molecule has 0 N–H and O–H groups in total. The Kier molecular flexibility index (Phi) is 3.94. The molecule has 0 aliphatic rings. The lowest BCUT2D eigenvalue weighted by molar-refractivity contribution is 0.101. The Balaban J connectivity index is 2.08. The van der Waals surface area contributed by atoms with Gasteiger partial charge in [0.15, 0.2) is 11.6 Å². The maximum atomic E-state index is 11.3. The van der Waals surface area contributed by atoms with E-state index in [4.69, 9.17) is 4.74 Å². The molecular weight excluding hydrogens is 242 g/mol. The zero-order valence-corrected chi connectivity index (χ0v) is 11.3. The number of benzene rings is 1. The summed E-state index contributed by atoms with van der Waals surface area (Å²) in [6.07, 6.45) is 1.52. The molecule has 1 aromatic heterocycles. The summed E-state index contributed by atoms with van der Waals surface area (Å²) in [5.74, 6) is 1.45. The number of rotatable bonds is 5. The summed E-state index contributed by atoms with van der Waals surface area (Å²) in [6.45, 7) is 5.94. The molecule has 0 saturated heterocycles. The SMILES string of the molecule is CC(=O)c1cccc(OCc2ncnn2C(C)C)c1. The van der Waals surface area contributed by atoms with Gasteiger partial charge in [-0.15, -0.1) is 0 Å². The van der Waals surface area contributed by atoms with Crippen LogP contribution in [0.5, 0.6) is 5.75 Å².